The van der Waals surface area contributed by atoms with E-state index in [1.165, 1.54) is 5.56 Å². The predicted molar refractivity (Wildman–Crippen MR) is 90.0 cm³/mol. The summed E-state index contributed by atoms with van der Waals surface area (Å²) < 4.78 is 10.6. The lowest BCUT2D eigenvalue weighted by atomic mass is 10.1. The summed E-state index contributed by atoms with van der Waals surface area (Å²) in [4.78, 5) is 15.3. The Labute approximate surface area is 135 Å². The molecule has 0 bridgehead atoms. The summed E-state index contributed by atoms with van der Waals surface area (Å²) in [6, 6.07) is 13.3. The first-order valence-corrected chi connectivity index (χ1v) is 7.63. The van der Waals surface area contributed by atoms with E-state index in [2.05, 4.69) is 11.9 Å². The highest BCUT2D eigenvalue weighted by Gasteiger charge is 2.11. The first kappa shape index (κ1) is 15.2. The normalized spacial score (nSPS) is 10.7. The second-order valence-corrected chi connectivity index (χ2v) is 5.37. The minimum atomic E-state index is -0.280. The van der Waals surface area contributed by atoms with Crippen molar-refractivity contribution >= 4 is 16.9 Å². The van der Waals surface area contributed by atoms with Crippen molar-refractivity contribution in [3.63, 3.8) is 0 Å². The lowest BCUT2D eigenvalue weighted by Crippen LogP contribution is -2.11. The number of carbonyl (C=O) groups excluding carboxylic acids is 1. The molecule has 118 valence electrons. The van der Waals surface area contributed by atoms with Crippen LogP contribution in [-0.2, 0) is 17.6 Å². The standard InChI is InChI=1S/C19H19NO3/c1-3-13-4-6-15(7-5-13)23-19(21)10-14-12-20-18-9-8-16(22-2)11-17(14)18/h4-9,11-12,20H,3,10H2,1-2H3. The van der Waals surface area contributed by atoms with Gasteiger partial charge in [0, 0.05) is 17.1 Å². The summed E-state index contributed by atoms with van der Waals surface area (Å²) in [6.45, 7) is 2.09. The summed E-state index contributed by atoms with van der Waals surface area (Å²) in [6.07, 6.45) is 3.01. The molecule has 23 heavy (non-hydrogen) atoms. The molecule has 1 N–H and O–H groups in total. The molecule has 0 atom stereocenters. The number of nitrogens with one attached hydrogen (secondary N) is 1. The Kier molecular flexibility index (Phi) is 4.33. The Morgan fingerprint density at radius 2 is 1.83 bits per heavy atom. The van der Waals surface area contributed by atoms with Crippen LogP contribution in [0.3, 0.4) is 0 Å². The highest BCUT2D eigenvalue weighted by Crippen LogP contribution is 2.24. The third-order valence-electron chi connectivity index (χ3n) is 3.87. The van der Waals surface area contributed by atoms with Crippen molar-refractivity contribution in [2.75, 3.05) is 7.11 Å². The minimum absolute atomic E-state index is 0.211. The Bertz CT molecular complexity index is 818. The van der Waals surface area contributed by atoms with E-state index in [-0.39, 0.29) is 12.4 Å². The summed E-state index contributed by atoms with van der Waals surface area (Å²) in [5, 5.41) is 0.975. The quantitative estimate of drug-likeness (QED) is 0.574. The number of benzene rings is 2. The van der Waals surface area contributed by atoms with Gasteiger partial charge in [0.15, 0.2) is 0 Å². The van der Waals surface area contributed by atoms with E-state index >= 15 is 0 Å². The summed E-state index contributed by atoms with van der Waals surface area (Å²) in [7, 11) is 1.63. The largest absolute Gasteiger partial charge is 0.497 e. The number of fused-ring (bicyclic) bond motifs is 1. The van der Waals surface area contributed by atoms with E-state index in [4.69, 9.17) is 9.47 Å². The minimum Gasteiger partial charge on any atom is -0.497 e. The van der Waals surface area contributed by atoms with Gasteiger partial charge in [-0.05, 0) is 47.9 Å². The fraction of sp³-hybridized carbons (Fsp3) is 0.211. The van der Waals surface area contributed by atoms with E-state index < -0.39 is 0 Å². The van der Waals surface area contributed by atoms with E-state index in [1.54, 1.807) is 7.11 Å². The van der Waals surface area contributed by atoms with Crippen LogP contribution in [0.1, 0.15) is 18.1 Å². The number of aryl methyl sites for hydroxylation is 1. The van der Waals surface area contributed by atoms with Crippen molar-refractivity contribution in [3.05, 3.63) is 59.8 Å². The van der Waals surface area contributed by atoms with E-state index in [0.717, 1.165) is 28.6 Å². The molecule has 0 fully saturated rings. The second kappa shape index (κ2) is 6.57. The molecule has 0 saturated carbocycles. The molecule has 1 heterocycles. The molecule has 3 aromatic rings. The first-order chi connectivity index (χ1) is 11.2. The highest BCUT2D eigenvalue weighted by molar-refractivity contribution is 5.88. The smallest absolute Gasteiger partial charge is 0.315 e. The molecule has 0 radical (unpaired) electrons. The first-order valence-electron chi connectivity index (χ1n) is 7.63. The zero-order valence-corrected chi connectivity index (χ0v) is 13.3. The van der Waals surface area contributed by atoms with Gasteiger partial charge in [-0.2, -0.15) is 0 Å². The van der Waals surface area contributed by atoms with Gasteiger partial charge in [-0.25, -0.2) is 0 Å². The molecule has 4 heteroatoms. The number of hydrogen-bond donors (Lipinski definition) is 1. The van der Waals surface area contributed by atoms with Gasteiger partial charge in [0.05, 0.1) is 13.5 Å². The van der Waals surface area contributed by atoms with Crippen LogP contribution in [0.2, 0.25) is 0 Å². The zero-order valence-electron chi connectivity index (χ0n) is 13.3. The topological polar surface area (TPSA) is 51.3 Å². The molecule has 3 rings (SSSR count). The van der Waals surface area contributed by atoms with Gasteiger partial charge in [-0.1, -0.05) is 19.1 Å². The second-order valence-electron chi connectivity index (χ2n) is 5.37. The van der Waals surface area contributed by atoms with Crippen molar-refractivity contribution < 1.29 is 14.3 Å². The van der Waals surface area contributed by atoms with Crippen molar-refractivity contribution in [3.8, 4) is 11.5 Å². The molecule has 4 nitrogen and oxygen atoms in total. The van der Waals surface area contributed by atoms with Gasteiger partial charge in [-0.15, -0.1) is 0 Å². The molecule has 0 aliphatic heterocycles. The lowest BCUT2D eigenvalue weighted by Gasteiger charge is -2.05. The number of methoxy groups -OCH3 is 1. The average Bonchev–Trinajstić information content (AvgIpc) is 2.97. The van der Waals surface area contributed by atoms with Crippen LogP contribution in [0.5, 0.6) is 11.5 Å². The van der Waals surface area contributed by atoms with Crippen molar-refractivity contribution in [1.29, 1.82) is 0 Å². The van der Waals surface area contributed by atoms with Crippen molar-refractivity contribution in [2.45, 2.75) is 19.8 Å². The monoisotopic (exact) mass is 309 g/mol. The highest BCUT2D eigenvalue weighted by atomic mass is 16.5. The Morgan fingerprint density at radius 3 is 2.52 bits per heavy atom. The number of rotatable bonds is 5. The van der Waals surface area contributed by atoms with Crippen molar-refractivity contribution in [1.82, 2.24) is 4.98 Å². The fourth-order valence-electron chi connectivity index (χ4n) is 2.55. The fourth-order valence-corrected chi connectivity index (χ4v) is 2.55. The number of H-pyrrole nitrogens is 1. The van der Waals surface area contributed by atoms with Crippen LogP contribution >= 0.6 is 0 Å². The SMILES string of the molecule is CCc1ccc(OC(=O)Cc2c[nH]c3ccc(OC)cc23)cc1. The third kappa shape index (κ3) is 3.37. The summed E-state index contributed by atoms with van der Waals surface area (Å²) in [5.74, 6) is 1.06. The van der Waals surface area contributed by atoms with E-state index in [1.807, 2.05) is 48.7 Å². The predicted octanol–water partition coefficient (Wildman–Crippen LogP) is 3.89. The molecule has 0 amide bonds. The molecular weight excluding hydrogens is 290 g/mol. The Hall–Kier alpha value is -2.75. The van der Waals surface area contributed by atoms with Gasteiger partial charge < -0.3 is 14.5 Å². The van der Waals surface area contributed by atoms with Crippen LogP contribution in [0.4, 0.5) is 0 Å². The van der Waals surface area contributed by atoms with Crippen LogP contribution in [0.25, 0.3) is 10.9 Å². The number of esters is 1. The number of aromatic nitrogens is 1. The molecule has 0 saturated heterocycles. The van der Waals surface area contributed by atoms with Crippen LogP contribution in [-0.4, -0.2) is 18.1 Å². The average molecular weight is 309 g/mol. The third-order valence-corrected chi connectivity index (χ3v) is 3.87. The zero-order chi connectivity index (χ0) is 16.2. The number of aromatic amines is 1. The molecule has 0 unspecified atom stereocenters. The Morgan fingerprint density at radius 1 is 1.09 bits per heavy atom. The van der Waals surface area contributed by atoms with Crippen LogP contribution < -0.4 is 9.47 Å². The van der Waals surface area contributed by atoms with Gasteiger partial charge in [0.2, 0.25) is 0 Å². The molecule has 0 aliphatic rings. The molecule has 1 aromatic heterocycles. The molecule has 0 aliphatic carbocycles. The number of ether oxygens (including phenoxy) is 2. The van der Waals surface area contributed by atoms with Gasteiger partial charge in [0.1, 0.15) is 11.5 Å². The Balaban J connectivity index is 1.74. The molecule has 0 spiro atoms. The lowest BCUT2D eigenvalue weighted by molar-refractivity contribution is -0.133. The number of carbonyl (C=O) groups is 1. The van der Waals surface area contributed by atoms with E-state index in [0.29, 0.717) is 5.75 Å². The maximum absolute atomic E-state index is 12.2. The number of hydrogen-bond acceptors (Lipinski definition) is 3. The van der Waals surface area contributed by atoms with E-state index in [9.17, 15) is 4.79 Å². The maximum atomic E-state index is 12.2. The van der Waals surface area contributed by atoms with Gasteiger partial charge in [-0.3, -0.25) is 4.79 Å². The van der Waals surface area contributed by atoms with Gasteiger partial charge in [0.25, 0.3) is 0 Å². The van der Waals surface area contributed by atoms with Crippen LogP contribution in [0.15, 0.2) is 48.7 Å². The summed E-state index contributed by atoms with van der Waals surface area (Å²) in [5.41, 5.74) is 3.09. The van der Waals surface area contributed by atoms with Gasteiger partial charge >= 0.3 is 5.97 Å². The molecular formula is C19H19NO3. The summed E-state index contributed by atoms with van der Waals surface area (Å²) >= 11 is 0. The van der Waals surface area contributed by atoms with Crippen LogP contribution in [0, 0.1) is 0 Å². The maximum Gasteiger partial charge on any atom is 0.315 e. The van der Waals surface area contributed by atoms with Crippen molar-refractivity contribution in [2.24, 2.45) is 0 Å². The molecule has 2 aromatic carbocycles.